The number of hydrogen-bond acceptors (Lipinski definition) is 2. The van der Waals surface area contributed by atoms with Crippen LogP contribution >= 0.6 is 0 Å². The molecule has 0 aliphatic carbocycles. The molecule has 0 saturated carbocycles. The third kappa shape index (κ3) is 1.77. The number of anilines is 1. The van der Waals surface area contributed by atoms with Crippen molar-refractivity contribution in [2.24, 2.45) is 5.92 Å². The molecule has 1 aliphatic heterocycles. The molecule has 2 rings (SSSR count). The van der Waals surface area contributed by atoms with Crippen molar-refractivity contribution in [3.63, 3.8) is 0 Å². The van der Waals surface area contributed by atoms with E-state index in [9.17, 15) is 9.90 Å². The van der Waals surface area contributed by atoms with Gasteiger partial charge in [0, 0.05) is 13.1 Å². The van der Waals surface area contributed by atoms with Crippen molar-refractivity contribution in [2.75, 3.05) is 18.0 Å². The first kappa shape index (κ1) is 11.0. The Hall–Kier alpha value is -1.51. The number of carbonyl (C=O) groups is 1. The minimum Gasteiger partial charge on any atom is -0.478 e. The predicted molar refractivity (Wildman–Crippen MR) is 64.1 cm³/mol. The first-order valence-electron chi connectivity index (χ1n) is 5.71. The summed E-state index contributed by atoms with van der Waals surface area (Å²) >= 11 is 0. The summed E-state index contributed by atoms with van der Waals surface area (Å²) in [6.07, 6.45) is 1.17. The fourth-order valence-corrected chi connectivity index (χ4v) is 2.22. The molecule has 3 nitrogen and oxygen atoms in total. The zero-order valence-corrected chi connectivity index (χ0v) is 9.73. The molecule has 0 radical (unpaired) electrons. The lowest BCUT2D eigenvalue weighted by molar-refractivity contribution is 0.0696. The lowest BCUT2D eigenvalue weighted by atomic mass is 9.94. The molecule has 0 unspecified atom stereocenters. The van der Waals surface area contributed by atoms with Gasteiger partial charge in [-0.3, -0.25) is 0 Å². The predicted octanol–water partition coefficient (Wildman–Crippen LogP) is 2.54. The van der Waals surface area contributed by atoms with Crippen LogP contribution in [0.4, 0.5) is 5.69 Å². The lowest BCUT2D eigenvalue weighted by Gasteiger charge is -2.41. The fraction of sp³-hybridized carbons (Fsp3) is 0.462. The molecule has 1 aromatic carbocycles. The maximum atomic E-state index is 11.2. The maximum Gasteiger partial charge on any atom is 0.338 e. The summed E-state index contributed by atoms with van der Waals surface area (Å²) in [6.45, 7) is 6.00. The molecular formula is C13H17NO2. The summed E-state index contributed by atoms with van der Waals surface area (Å²) in [7, 11) is 0. The zero-order valence-electron chi connectivity index (χ0n) is 9.73. The summed E-state index contributed by atoms with van der Waals surface area (Å²) in [5.41, 5.74) is 2.17. The van der Waals surface area contributed by atoms with Crippen molar-refractivity contribution in [3.8, 4) is 0 Å². The molecule has 1 aliphatic rings. The Morgan fingerprint density at radius 1 is 1.50 bits per heavy atom. The number of benzene rings is 1. The van der Waals surface area contributed by atoms with Crippen LogP contribution in [0.25, 0.3) is 0 Å². The summed E-state index contributed by atoms with van der Waals surface area (Å²) in [5.74, 6) is -0.102. The number of carboxylic acids is 1. The average Bonchev–Trinajstić information content (AvgIpc) is 2.15. The number of carboxylic acid groups (broad SMARTS) is 1. The Morgan fingerprint density at radius 3 is 2.75 bits per heavy atom. The number of hydrogen-bond donors (Lipinski definition) is 1. The van der Waals surface area contributed by atoms with Gasteiger partial charge in [0.2, 0.25) is 0 Å². The monoisotopic (exact) mass is 219 g/mol. The minimum atomic E-state index is -0.826. The van der Waals surface area contributed by atoms with Crippen LogP contribution in [-0.2, 0) is 0 Å². The van der Waals surface area contributed by atoms with Gasteiger partial charge in [0.1, 0.15) is 0 Å². The first-order chi connectivity index (χ1) is 7.63. The topological polar surface area (TPSA) is 40.5 Å². The second kappa shape index (κ2) is 4.16. The van der Waals surface area contributed by atoms with Gasteiger partial charge in [0.05, 0.1) is 11.3 Å². The number of nitrogens with zero attached hydrogens (tertiary/aromatic N) is 1. The fourth-order valence-electron chi connectivity index (χ4n) is 2.22. The molecule has 1 N–H and O–H groups in total. The van der Waals surface area contributed by atoms with Gasteiger partial charge in [-0.15, -0.1) is 0 Å². The molecule has 1 fully saturated rings. The Bertz CT molecular complexity index is 408. The van der Waals surface area contributed by atoms with Crippen LogP contribution in [0.3, 0.4) is 0 Å². The standard InChI is InChI=1S/C13H17NO2/c1-3-10-7-14(8-10)11-6-4-5-9(2)12(11)13(15)16/h4-6,10H,3,7-8H2,1-2H3,(H,15,16). The number of aromatic carboxylic acids is 1. The van der Waals surface area contributed by atoms with Crippen LogP contribution in [0, 0.1) is 12.8 Å². The summed E-state index contributed by atoms with van der Waals surface area (Å²) < 4.78 is 0. The van der Waals surface area contributed by atoms with Crippen molar-refractivity contribution in [3.05, 3.63) is 29.3 Å². The molecule has 0 bridgehead atoms. The van der Waals surface area contributed by atoms with E-state index in [0.717, 1.165) is 30.3 Å². The third-order valence-corrected chi connectivity index (χ3v) is 3.34. The number of rotatable bonds is 3. The third-order valence-electron chi connectivity index (χ3n) is 3.34. The van der Waals surface area contributed by atoms with Crippen molar-refractivity contribution in [1.82, 2.24) is 0 Å². The van der Waals surface area contributed by atoms with E-state index < -0.39 is 5.97 Å². The lowest BCUT2D eigenvalue weighted by Crippen LogP contribution is -2.47. The van der Waals surface area contributed by atoms with Crippen molar-refractivity contribution < 1.29 is 9.90 Å². The highest BCUT2D eigenvalue weighted by Crippen LogP contribution is 2.30. The van der Waals surface area contributed by atoms with E-state index in [1.54, 1.807) is 0 Å². The average molecular weight is 219 g/mol. The van der Waals surface area contributed by atoms with Crippen LogP contribution in [-0.4, -0.2) is 24.2 Å². The zero-order chi connectivity index (χ0) is 11.7. The van der Waals surface area contributed by atoms with Crippen molar-refractivity contribution >= 4 is 11.7 Å². The van der Waals surface area contributed by atoms with Gasteiger partial charge in [-0.05, 0) is 30.9 Å². The van der Waals surface area contributed by atoms with Crippen LogP contribution < -0.4 is 4.90 Å². The van der Waals surface area contributed by atoms with E-state index in [-0.39, 0.29) is 0 Å². The largest absolute Gasteiger partial charge is 0.478 e. The second-order valence-electron chi connectivity index (χ2n) is 4.45. The van der Waals surface area contributed by atoms with Crippen LogP contribution in [0.1, 0.15) is 29.3 Å². The number of aryl methyl sites for hydroxylation is 1. The highest BCUT2D eigenvalue weighted by Gasteiger charge is 2.28. The maximum absolute atomic E-state index is 11.2. The summed E-state index contributed by atoms with van der Waals surface area (Å²) in [5, 5.41) is 9.21. The van der Waals surface area contributed by atoms with Crippen LogP contribution in [0.5, 0.6) is 0 Å². The molecule has 1 aromatic rings. The quantitative estimate of drug-likeness (QED) is 0.849. The molecule has 86 valence electrons. The highest BCUT2D eigenvalue weighted by atomic mass is 16.4. The highest BCUT2D eigenvalue weighted by molar-refractivity contribution is 5.96. The SMILES string of the molecule is CCC1CN(c2cccc(C)c2C(=O)O)C1. The van der Waals surface area contributed by atoms with Gasteiger partial charge < -0.3 is 10.0 Å². The van der Waals surface area contributed by atoms with E-state index in [0.29, 0.717) is 5.56 Å². The van der Waals surface area contributed by atoms with E-state index >= 15 is 0 Å². The van der Waals surface area contributed by atoms with E-state index in [1.165, 1.54) is 6.42 Å². The summed E-state index contributed by atoms with van der Waals surface area (Å²) in [4.78, 5) is 13.4. The van der Waals surface area contributed by atoms with Gasteiger partial charge >= 0.3 is 5.97 Å². The van der Waals surface area contributed by atoms with Gasteiger partial charge in [-0.25, -0.2) is 4.79 Å². The molecule has 0 spiro atoms. The Labute approximate surface area is 95.7 Å². The van der Waals surface area contributed by atoms with E-state index in [1.807, 2.05) is 25.1 Å². The molecule has 0 atom stereocenters. The van der Waals surface area contributed by atoms with Gasteiger partial charge in [0.25, 0.3) is 0 Å². The molecule has 1 saturated heterocycles. The van der Waals surface area contributed by atoms with Gasteiger partial charge in [-0.2, -0.15) is 0 Å². The van der Waals surface area contributed by atoms with E-state index in [2.05, 4.69) is 11.8 Å². The molecule has 0 aromatic heterocycles. The molecular weight excluding hydrogens is 202 g/mol. The molecule has 3 heteroatoms. The van der Waals surface area contributed by atoms with E-state index in [4.69, 9.17) is 0 Å². The van der Waals surface area contributed by atoms with Crippen molar-refractivity contribution in [1.29, 1.82) is 0 Å². The molecule has 0 amide bonds. The van der Waals surface area contributed by atoms with Crippen LogP contribution in [0.15, 0.2) is 18.2 Å². The summed E-state index contributed by atoms with van der Waals surface area (Å²) in [6, 6.07) is 5.68. The molecule has 16 heavy (non-hydrogen) atoms. The minimum absolute atomic E-state index is 0.456. The normalized spacial score (nSPS) is 16.0. The van der Waals surface area contributed by atoms with Gasteiger partial charge in [-0.1, -0.05) is 19.1 Å². The van der Waals surface area contributed by atoms with Crippen molar-refractivity contribution in [2.45, 2.75) is 20.3 Å². The Morgan fingerprint density at radius 2 is 2.19 bits per heavy atom. The second-order valence-corrected chi connectivity index (χ2v) is 4.45. The first-order valence-corrected chi connectivity index (χ1v) is 5.71. The molecule has 1 heterocycles. The van der Waals surface area contributed by atoms with Gasteiger partial charge in [0.15, 0.2) is 0 Å². The Balaban J connectivity index is 2.28. The Kier molecular flexibility index (Phi) is 2.86. The smallest absolute Gasteiger partial charge is 0.338 e. The van der Waals surface area contributed by atoms with Crippen LogP contribution in [0.2, 0.25) is 0 Å².